The highest BCUT2D eigenvalue weighted by atomic mass is 79.9. The first kappa shape index (κ1) is 11.2. The van der Waals surface area contributed by atoms with E-state index in [0.29, 0.717) is 0 Å². The van der Waals surface area contributed by atoms with E-state index in [4.69, 9.17) is 5.73 Å². The van der Waals surface area contributed by atoms with Crippen LogP contribution >= 0.6 is 15.9 Å². The Kier molecular flexibility index (Phi) is 3.47. The molecule has 0 aromatic heterocycles. The fourth-order valence-corrected chi connectivity index (χ4v) is 2.75. The fourth-order valence-electron chi connectivity index (χ4n) is 2.27. The molecular formula is C13H18BrN. The van der Waals surface area contributed by atoms with Gasteiger partial charge in [-0.25, -0.2) is 0 Å². The Morgan fingerprint density at radius 1 is 1.47 bits per heavy atom. The van der Waals surface area contributed by atoms with Crippen LogP contribution in [0.3, 0.4) is 0 Å². The van der Waals surface area contributed by atoms with Crippen molar-refractivity contribution in [1.82, 2.24) is 0 Å². The largest absolute Gasteiger partial charge is 0.324 e. The standard InChI is InChI=1S/C13H18BrN/c1-9-7-11(14)5-6-12(9)13(15)8-10-3-2-4-10/h5-7,10,13H,2-4,8,15H2,1H3. The second-order valence-electron chi connectivity index (χ2n) is 4.64. The van der Waals surface area contributed by atoms with E-state index in [0.717, 1.165) is 16.8 Å². The summed E-state index contributed by atoms with van der Waals surface area (Å²) in [6.07, 6.45) is 5.31. The number of nitrogens with two attached hydrogens (primary N) is 1. The lowest BCUT2D eigenvalue weighted by Gasteiger charge is -2.28. The molecule has 2 N–H and O–H groups in total. The van der Waals surface area contributed by atoms with E-state index >= 15 is 0 Å². The summed E-state index contributed by atoms with van der Waals surface area (Å²) in [4.78, 5) is 0. The summed E-state index contributed by atoms with van der Waals surface area (Å²) in [5.74, 6) is 0.878. The Morgan fingerprint density at radius 2 is 2.20 bits per heavy atom. The lowest BCUT2D eigenvalue weighted by atomic mass is 9.79. The zero-order chi connectivity index (χ0) is 10.8. The molecule has 0 heterocycles. The third-order valence-corrected chi connectivity index (χ3v) is 3.94. The van der Waals surface area contributed by atoms with Crippen molar-refractivity contribution in [1.29, 1.82) is 0 Å². The molecule has 0 aliphatic heterocycles. The van der Waals surface area contributed by atoms with Crippen molar-refractivity contribution >= 4 is 15.9 Å². The van der Waals surface area contributed by atoms with Gasteiger partial charge in [-0.05, 0) is 42.5 Å². The molecule has 1 fully saturated rings. The smallest absolute Gasteiger partial charge is 0.0300 e. The molecule has 0 saturated heterocycles. The van der Waals surface area contributed by atoms with E-state index in [9.17, 15) is 0 Å². The fraction of sp³-hybridized carbons (Fsp3) is 0.538. The summed E-state index contributed by atoms with van der Waals surface area (Å²) in [6.45, 7) is 2.14. The summed E-state index contributed by atoms with van der Waals surface area (Å²) < 4.78 is 1.14. The van der Waals surface area contributed by atoms with Gasteiger partial charge in [0.15, 0.2) is 0 Å². The second-order valence-corrected chi connectivity index (χ2v) is 5.56. The Hall–Kier alpha value is -0.340. The van der Waals surface area contributed by atoms with Crippen LogP contribution in [0, 0.1) is 12.8 Å². The van der Waals surface area contributed by atoms with Crippen LogP contribution in [0.2, 0.25) is 0 Å². The van der Waals surface area contributed by atoms with Gasteiger partial charge in [0.05, 0.1) is 0 Å². The average molecular weight is 268 g/mol. The maximum Gasteiger partial charge on any atom is 0.0300 e. The predicted molar refractivity (Wildman–Crippen MR) is 67.8 cm³/mol. The van der Waals surface area contributed by atoms with Gasteiger partial charge in [0.1, 0.15) is 0 Å². The number of aryl methyl sites for hydroxylation is 1. The Bertz CT molecular complexity index is 344. The van der Waals surface area contributed by atoms with E-state index in [2.05, 4.69) is 41.1 Å². The molecule has 1 aromatic carbocycles. The van der Waals surface area contributed by atoms with Gasteiger partial charge in [-0.2, -0.15) is 0 Å². The Balaban J connectivity index is 2.06. The number of hydrogen-bond acceptors (Lipinski definition) is 1. The molecule has 1 atom stereocenters. The first-order valence-corrected chi connectivity index (χ1v) is 6.48. The number of halogens is 1. The van der Waals surface area contributed by atoms with Crippen molar-refractivity contribution in [3.05, 3.63) is 33.8 Å². The predicted octanol–water partition coefficient (Wildman–Crippen LogP) is 3.95. The van der Waals surface area contributed by atoms with Gasteiger partial charge >= 0.3 is 0 Å². The number of benzene rings is 1. The second kappa shape index (κ2) is 4.67. The maximum absolute atomic E-state index is 6.24. The molecule has 1 unspecified atom stereocenters. The van der Waals surface area contributed by atoms with Crippen molar-refractivity contribution < 1.29 is 0 Å². The van der Waals surface area contributed by atoms with Crippen molar-refractivity contribution in [3.63, 3.8) is 0 Å². The minimum atomic E-state index is 0.225. The highest BCUT2D eigenvalue weighted by molar-refractivity contribution is 9.10. The van der Waals surface area contributed by atoms with Crippen LogP contribution in [0.4, 0.5) is 0 Å². The molecule has 0 bridgehead atoms. The van der Waals surface area contributed by atoms with Crippen molar-refractivity contribution in [2.24, 2.45) is 11.7 Å². The van der Waals surface area contributed by atoms with Crippen LogP contribution in [-0.4, -0.2) is 0 Å². The van der Waals surface area contributed by atoms with Gasteiger partial charge in [-0.3, -0.25) is 0 Å². The van der Waals surface area contributed by atoms with Gasteiger partial charge in [-0.1, -0.05) is 41.3 Å². The molecule has 1 aliphatic rings. The molecule has 0 amide bonds. The summed E-state index contributed by atoms with van der Waals surface area (Å²) in [7, 11) is 0. The summed E-state index contributed by atoms with van der Waals surface area (Å²) in [5, 5.41) is 0. The van der Waals surface area contributed by atoms with Crippen LogP contribution in [0.1, 0.15) is 42.9 Å². The molecule has 82 valence electrons. The zero-order valence-corrected chi connectivity index (χ0v) is 10.8. The summed E-state index contributed by atoms with van der Waals surface area (Å²) in [5.41, 5.74) is 8.85. The molecule has 2 rings (SSSR count). The topological polar surface area (TPSA) is 26.0 Å². The Morgan fingerprint density at radius 3 is 2.73 bits per heavy atom. The highest BCUT2D eigenvalue weighted by Gasteiger charge is 2.21. The third kappa shape index (κ3) is 2.61. The molecular weight excluding hydrogens is 250 g/mol. The molecule has 1 aromatic rings. The number of rotatable bonds is 3. The molecule has 15 heavy (non-hydrogen) atoms. The van der Waals surface area contributed by atoms with E-state index in [1.54, 1.807) is 0 Å². The normalized spacial score (nSPS) is 18.6. The van der Waals surface area contributed by atoms with Gasteiger partial charge in [-0.15, -0.1) is 0 Å². The maximum atomic E-state index is 6.24. The van der Waals surface area contributed by atoms with Gasteiger partial charge in [0, 0.05) is 10.5 Å². The van der Waals surface area contributed by atoms with Crippen molar-refractivity contribution in [2.45, 2.75) is 38.6 Å². The molecule has 2 heteroatoms. The Labute approximate surface area is 100 Å². The van der Waals surface area contributed by atoms with Gasteiger partial charge in [0.25, 0.3) is 0 Å². The average Bonchev–Trinajstić information content (AvgIpc) is 2.11. The minimum Gasteiger partial charge on any atom is -0.324 e. The zero-order valence-electron chi connectivity index (χ0n) is 9.17. The molecule has 0 radical (unpaired) electrons. The van der Waals surface area contributed by atoms with Gasteiger partial charge < -0.3 is 5.73 Å². The van der Waals surface area contributed by atoms with Gasteiger partial charge in [0.2, 0.25) is 0 Å². The summed E-state index contributed by atoms with van der Waals surface area (Å²) >= 11 is 3.48. The lowest BCUT2D eigenvalue weighted by molar-refractivity contribution is 0.277. The van der Waals surface area contributed by atoms with E-state index in [1.165, 1.54) is 30.4 Å². The third-order valence-electron chi connectivity index (χ3n) is 3.44. The molecule has 1 aliphatic carbocycles. The minimum absolute atomic E-state index is 0.225. The molecule has 1 nitrogen and oxygen atoms in total. The molecule has 0 spiro atoms. The van der Waals surface area contributed by atoms with Crippen LogP contribution < -0.4 is 5.73 Å². The quantitative estimate of drug-likeness (QED) is 0.882. The van der Waals surface area contributed by atoms with Crippen LogP contribution in [0.25, 0.3) is 0 Å². The number of hydrogen-bond donors (Lipinski definition) is 1. The lowest BCUT2D eigenvalue weighted by Crippen LogP contribution is -2.20. The van der Waals surface area contributed by atoms with Crippen LogP contribution in [0.15, 0.2) is 22.7 Å². The SMILES string of the molecule is Cc1cc(Br)ccc1C(N)CC1CCC1. The summed E-state index contributed by atoms with van der Waals surface area (Å²) in [6, 6.07) is 6.62. The first-order valence-electron chi connectivity index (χ1n) is 5.68. The van der Waals surface area contributed by atoms with E-state index < -0.39 is 0 Å². The highest BCUT2D eigenvalue weighted by Crippen LogP contribution is 2.34. The van der Waals surface area contributed by atoms with E-state index in [-0.39, 0.29) is 6.04 Å². The van der Waals surface area contributed by atoms with Crippen molar-refractivity contribution in [3.8, 4) is 0 Å². The monoisotopic (exact) mass is 267 g/mol. The van der Waals surface area contributed by atoms with E-state index in [1.807, 2.05) is 0 Å². The van der Waals surface area contributed by atoms with Crippen LogP contribution in [-0.2, 0) is 0 Å². The first-order chi connectivity index (χ1) is 7.16. The van der Waals surface area contributed by atoms with Crippen molar-refractivity contribution in [2.75, 3.05) is 0 Å². The van der Waals surface area contributed by atoms with Crippen LogP contribution in [0.5, 0.6) is 0 Å². The molecule has 1 saturated carbocycles.